The summed E-state index contributed by atoms with van der Waals surface area (Å²) in [7, 11) is 0. The predicted octanol–water partition coefficient (Wildman–Crippen LogP) is 2.32. The number of nitrogens with zero attached hydrogens (tertiary/aromatic N) is 4. The van der Waals surface area contributed by atoms with Crippen molar-refractivity contribution in [1.29, 1.82) is 0 Å². The van der Waals surface area contributed by atoms with Gasteiger partial charge in [0.1, 0.15) is 17.7 Å². The largest absolute Gasteiger partial charge is 0.384 e. The molecular formula is C33H42N8O6S. The zero-order valence-electron chi connectivity index (χ0n) is 27.3. The van der Waals surface area contributed by atoms with E-state index in [1.54, 1.807) is 26.0 Å². The van der Waals surface area contributed by atoms with Crippen molar-refractivity contribution >= 4 is 51.4 Å². The molecule has 3 atom stereocenters. The van der Waals surface area contributed by atoms with Crippen LogP contribution in [0, 0.1) is 0 Å². The van der Waals surface area contributed by atoms with Gasteiger partial charge in [-0.2, -0.15) is 0 Å². The van der Waals surface area contributed by atoms with Gasteiger partial charge in [-0.1, -0.05) is 54.8 Å². The van der Waals surface area contributed by atoms with Crippen LogP contribution in [-0.2, 0) is 20.0 Å². The molecule has 48 heavy (non-hydrogen) atoms. The molecule has 15 heteroatoms. The summed E-state index contributed by atoms with van der Waals surface area (Å²) in [6.45, 7) is 4.26. The standard InChI is InChI=1S/C33H42N8O6S/c1-20(42)35-17-25(37-28(43)23-12-11-21-9-5-6-10-22(21)15-23)30(45)40-19-24(41-27(18-36-39-41)32(2,3)47)16-26(40)29(44)38-33(48-31(34)46)13-7-4-8-14-33/h5-6,9-12,15,18,24-26,47H,4,7-8,13-14,16-17,19H2,1-3H3,(H2,34,46)(H,35,42)(H,37,43)(H,38,44)/t24-,25+,26-/m0/s1. The monoisotopic (exact) mass is 678 g/mol. The second-order valence-corrected chi connectivity index (χ2v) is 14.4. The Morgan fingerprint density at radius 3 is 2.46 bits per heavy atom. The van der Waals surface area contributed by atoms with Gasteiger partial charge in [-0.25, -0.2) is 4.68 Å². The summed E-state index contributed by atoms with van der Waals surface area (Å²) in [4.78, 5) is 66.5. The lowest BCUT2D eigenvalue weighted by atomic mass is 9.94. The number of hydrogen-bond acceptors (Lipinski definition) is 9. The lowest BCUT2D eigenvalue weighted by Crippen LogP contribution is -2.59. The number of benzene rings is 2. The maximum atomic E-state index is 14.4. The van der Waals surface area contributed by atoms with E-state index < -0.39 is 57.5 Å². The summed E-state index contributed by atoms with van der Waals surface area (Å²) < 4.78 is 1.51. The first-order valence-electron chi connectivity index (χ1n) is 16.0. The summed E-state index contributed by atoms with van der Waals surface area (Å²) in [6.07, 6.45) is 5.18. The van der Waals surface area contributed by atoms with Gasteiger partial charge in [0, 0.05) is 32.0 Å². The van der Waals surface area contributed by atoms with E-state index in [1.807, 2.05) is 30.3 Å². The minimum Gasteiger partial charge on any atom is -0.384 e. The van der Waals surface area contributed by atoms with E-state index in [9.17, 15) is 29.1 Å². The smallest absolute Gasteiger partial charge is 0.278 e. The molecule has 6 N–H and O–H groups in total. The molecule has 14 nitrogen and oxygen atoms in total. The Morgan fingerprint density at radius 2 is 1.79 bits per heavy atom. The lowest BCUT2D eigenvalue weighted by Gasteiger charge is -2.38. The second-order valence-electron chi connectivity index (χ2n) is 13.0. The molecule has 1 saturated heterocycles. The normalized spacial score (nSPS) is 19.8. The van der Waals surface area contributed by atoms with Crippen LogP contribution >= 0.6 is 11.8 Å². The van der Waals surface area contributed by atoms with E-state index in [2.05, 4.69) is 26.3 Å². The quantitative estimate of drug-likeness (QED) is 0.200. The summed E-state index contributed by atoms with van der Waals surface area (Å²) in [5, 5.41) is 28.6. The van der Waals surface area contributed by atoms with E-state index in [4.69, 9.17) is 5.73 Å². The third-order valence-corrected chi connectivity index (χ3v) is 9.99. The molecule has 0 unspecified atom stereocenters. The number of thioether (sulfide) groups is 1. The van der Waals surface area contributed by atoms with Crippen LogP contribution in [0.1, 0.15) is 81.4 Å². The number of aromatic nitrogens is 3. The zero-order chi connectivity index (χ0) is 34.6. The van der Waals surface area contributed by atoms with Gasteiger partial charge in [0.05, 0.1) is 22.8 Å². The molecule has 1 aliphatic heterocycles. The molecule has 256 valence electrons. The highest BCUT2D eigenvalue weighted by atomic mass is 32.2. The second kappa shape index (κ2) is 14.3. The Labute approximate surface area is 282 Å². The van der Waals surface area contributed by atoms with Crippen molar-refractivity contribution in [2.75, 3.05) is 13.1 Å². The van der Waals surface area contributed by atoms with Gasteiger partial charge in [-0.15, -0.1) is 5.10 Å². The average Bonchev–Trinajstić information content (AvgIpc) is 3.71. The Morgan fingerprint density at radius 1 is 1.08 bits per heavy atom. The van der Waals surface area contributed by atoms with Crippen LogP contribution in [0.15, 0.2) is 48.7 Å². The number of rotatable bonds is 10. The molecule has 3 aromatic rings. The minimum absolute atomic E-state index is 0.00172. The molecule has 1 aliphatic carbocycles. The highest BCUT2D eigenvalue weighted by molar-refractivity contribution is 8.14. The third-order valence-electron chi connectivity index (χ3n) is 8.89. The van der Waals surface area contributed by atoms with Gasteiger partial charge in [0.15, 0.2) is 0 Å². The number of amides is 5. The van der Waals surface area contributed by atoms with E-state index in [0.717, 1.165) is 41.8 Å². The Balaban J connectivity index is 1.46. The molecule has 2 heterocycles. The van der Waals surface area contributed by atoms with Crippen LogP contribution in [0.4, 0.5) is 4.79 Å². The number of carbonyl (C=O) groups excluding carboxylic acids is 5. The van der Waals surface area contributed by atoms with Gasteiger partial charge in [-0.05, 0) is 61.4 Å². The van der Waals surface area contributed by atoms with Crippen LogP contribution < -0.4 is 21.7 Å². The molecule has 5 amide bonds. The first-order valence-corrected chi connectivity index (χ1v) is 16.9. The van der Waals surface area contributed by atoms with Crippen molar-refractivity contribution in [3.8, 4) is 0 Å². The first-order chi connectivity index (χ1) is 22.8. The maximum Gasteiger partial charge on any atom is 0.278 e. The molecule has 1 saturated carbocycles. The number of likely N-dealkylation sites (tertiary alicyclic amines) is 1. The fraction of sp³-hybridized carbons (Fsp3) is 0.485. The molecule has 5 rings (SSSR count). The topological polar surface area (TPSA) is 202 Å². The van der Waals surface area contributed by atoms with E-state index in [-0.39, 0.29) is 19.5 Å². The van der Waals surface area contributed by atoms with Gasteiger partial charge in [0.2, 0.25) is 17.7 Å². The number of aliphatic hydroxyl groups is 1. The van der Waals surface area contributed by atoms with Crippen molar-refractivity contribution in [3.63, 3.8) is 0 Å². The Kier molecular flexibility index (Phi) is 10.4. The Bertz CT molecular complexity index is 1700. The Hall–Kier alpha value is -4.50. The van der Waals surface area contributed by atoms with Crippen LogP contribution in [0.5, 0.6) is 0 Å². The first kappa shape index (κ1) is 34.8. The van der Waals surface area contributed by atoms with Crippen LogP contribution in [0.25, 0.3) is 10.8 Å². The summed E-state index contributed by atoms with van der Waals surface area (Å²) in [5.74, 6) is -2.00. The van der Waals surface area contributed by atoms with Crippen molar-refractivity contribution in [2.45, 2.75) is 87.9 Å². The maximum absolute atomic E-state index is 14.4. The molecule has 0 spiro atoms. The lowest BCUT2D eigenvalue weighted by molar-refractivity contribution is -0.140. The van der Waals surface area contributed by atoms with Gasteiger partial charge in [0.25, 0.3) is 11.1 Å². The van der Waals surface area contributed by atoms with Crippen molar-refractivity contribution in [2.24, 2.45) is 5.73 Å². The highest BCUT2D eigenvalue weighted by Gasteiger charge is 2.47. The molecule has 0 bridgehead atoms. The third kappa shape index (κ3) is 7.96. The van der Waals surface area contributed by atoms with E-state index in [1.165, 1.54) is 22.7 Å². The van der Waals surface area contributed by atoms with Crippen molar-refractivity contribution in [3.05, 3.63) is 59.9 Å². The molecule has 0 radical (unpaired) electrons. The van der Waals surface area contributed by atoms with Crippen LogP contribution in [-0.4, -0.2) is 83.9 Å². The van der Waals surface area contributed by atoms with Crippen LogP contribution in [0.2, 0.25) is 0 Å². The zero-order valence-corrected chi connectivity index (χ0v) is 28.1. The molecule has 2 aliphatic rings. The number of nitrogens with one attached hydrogen (secondary N) is 3. The van der Waals surface area contributed by atoms with Crippen LogP contribution in [0.3, 0.4) is 0 Å². The molecular weight excluding hydrogens is 636 g/mol. The molecule has 1 aromatic heterocycles. The summed E-state index contributed by atoms with van der Waals surface area (Å²) in [5.41, 5.74) is 4.97. The van der Waals surface area contributed by atoms with E-state index >= 15 is 0 Å². The number of carbonyl (C=O) groups is 5. The van der Waals surface area contributed by atoms with Gasteiger partial charge in [-0.3, -0.25) is 24.0 Å². The number of nitrogens with two attached hydrogens (primary N) is 1. The van der Waals surface area contributed by atoms with Crippen molar-refractivity contribution in [1.82, 2.24) is 35.8 Å². The molecule has 2 fully saturated rings. The number of primary amides is 1. The van der Waals surface area contributed by atoms with E-state index in [0.29, 0.717) is 24.1 Å². The van der Waals surface area contributed by atoms with Gasteiger partial charge >= 0.3 is 0 Å². The van der Waals surface area contributed by atoms with Crippen molar-refractivity contribution < 1.29 is 29.1 Å². The number of hydrogen-bond donors (Lipinski definition) is 5. The summed E-state index contributed by atoms with van der Waals surface area (Å²) >= 11 is 0.887. The van der Waals surface area contributed by atoms with Gasteiger partial charge < -0.3 is 31.7 Å². The fourth-order valence-electron chi connectivity index (χ4n) is 6.53. The minimum atomic E-state index is -1.31. The SMILES string of the molecule is CC(=O)NC[C@@H](NC(=O)c1ccc2ccccc2c1)C(=O)N1C[C@@H](n2nncc2C(C)(C)O)C[C@H]1C(=O)NC1(SC(N)=O)CCCCC1. The average molecular weight is 679 g/mol. The fourth-order valence-corrected chi connectivity index (χ4v) is 7.56. The summed E-state index contributed by atoms with van der Waals surface area (Å²) in [6, 6.07) is 9.92. The molecule has 2 aromatic carbocycles. The highest BCUT2D eigenvalue weighted by Crippen LogP contribution is 2.39. The number of fused-ring (bicyclic) bond motifs is 1. The predicted molar refractivity (Wildman–Crippen MR) is 179 cm³/mol.